The van der Waals surface area contributed by atoms with Crippen molar-refractivity contribution in [3.05, 3.63) is 102 Å². The van der Waals surface area contributed by atoms with E-state index >= 15 is 0 Å². The minimum atomic E-state index is -0.412. The minimum Gasteiger partial charge on any atom is -0.456 e. The summed E-state index contributed by atoms with van der Waals surface area (Å²) in [4.78, 5) is 32.6. The van der Waals surface area contributed by atoms with Gasteiger partial charge < -0.3 is 14.6 Å². The van der Waals surface area contributed by atoms with Crippen molar-refractivity contribution in [2.75, 3.05) is 37.6 Å². The molecule has 0 spiro atoms. The molecule has 0 bridgehead atoms. The molecule has 0 saturated heterocycles. The molecule has 0 saturated carbocycles. The summed E-state index contributed by atoms with van der Waals surface area (Å²) in [5.74, 6) is -0.0366. The maximum absolute atomic E-state index is 13.6. The number of nitrogens with one attached hydrogen (secondary N) is 3. The number of nitrogens with zero attached hydrogens (tertiary/aromatic N) is 3. The van der Waals surface area contributed by atoms with Crippen LogP contribution in [0.15, 0.2) is 89.5 Å². The van der Waals surface area contributed by atoms with Crippen LogP contribution in [0.25, 0.3) is 33.4 Å². The maximum atomic E-state index is 13.6. The smallest absolute Gasteiger partial charge is 0.456 e. The molecule has 10 heteroatoms. The van der Waals surface area contributed by atoms with Gasteiger partial charge in [0, 0.05) is 65.7 Å². The molecule has 5 rings (SSSR count). The summed E-state index contributed by atoms with van der Waals surface area (Å²) in [5, 5.41) is 5.02. The molecular formula is C36H41FeN6O3+4. The fourth-order valence-corrected chi connectivity index (χ4v) is 5.67. The van der Waals surface area contributed by atoms with Gasteiger partial charge in [0.15, 0.2) is 0 Å². The van der Waals surface area contributed by atoms with Gasteiger partial charge in [-0.05, 0) is 69.7 Å². The Labute approximate surface area is 280 Å². The summed E-state index contributed by atoms with van der Waals surface area (Å²) in [6.45, 7) is 12.5. The number of hydrogen-bond donors (Lipinski definition) is 3. The van der Waals surface area contributed by atoms with Gasteiger partial charge in [0.1, 0.15) is 24.4 Å². The molecule has 2 amide bonds. The second-order valence-electron chi connectivity index (χ2n) is 10.7. The first kappa shape index (κ1) is 34.4. The van der Waals surface area contributed by atoms with Gasteiger partial charge in [0.25, 0.3) is 11.8 Å². The second-order valence-corrected chi connectivity index (χ2v) is 10.7. The summed E-state index contributed by atoms with van der Waals surface area (Å²) in [5.41, 5.74) is 10.8. The van der Waals surface area contributed by atoms with Crippen molar-refractivity contribution in [1.29, 1.82) is 0 Å². The van der Waals surface area contributed by atoms with Gasteiger partial charge in [0.2, 0.25) is 5.36 Å². The fourth-order valence-electron chi connectivity index (χ4n) is 5.67. The third-order valence-electron chi connectivity index (χ3n) is 8.02. The molecule has 1 aliphatic carbocycles. The predicted octanol–water partition coefficient (Wildman–Crippen LogP) is 4.81. The number of carbonyl (C=O) groups is 2. The van der Waals surface area contributed by atoms with E-state index in [2.05, 4.69) is 94.7 Å². The number of rotatable bonds is 11. The third-order valence-corrected chi connectivity index (χ3v) is 8.02. The zero-order chi connectivity index (χ0) is 31.8. The first-order valence-electron chi connectivity index (χ1n) is 15.6. The van der Waals surface area contributed by atoms with Crippen molar-refractivity contribution in [1.82, 2.24) is 25.7 Å². The molecule has 9 nitrogen and oxygen atoms in total. The van der Waals surface area contributed by atoms with Crippen LogP contribution >= 0.6 is 0 Å². The van der Waals surface area contributed by atoms with Crippen LogP contribution in [0, 0.1) is 0 Å². The summed E-state index contributed by atoms with van der Waals surface area (Å²) >= 11 is 0. The van der Waals surface area contributed by atoms with E-state index in [1.54, 1.807) is 12.3 Å². The molecule has 1 radical (unpaired) electrons. The van der Waals surface area contributed by atoms with E-state index in [0.717, 1.165) is 76.3 Å². The number of carbonyl (C=O) groups excluding carboxylic acids is 2. The fraction of sp³-hybridized carbons (Fsp3) is 0.278. The average molecular weight is 662 g/mol. The van der Waals surface area contributed by atoms with Gasteiger partial charge in [-0.1, -0.05) is 24.3 Å². The summed E-state index contributed by atoms with van der Waals surface area (Å²) in [7, 11) is 0. The molecule has 3 N–H and O–H groups in total. The number of anilines is 1. The topological polar surface area (TPSA) is 103 Å². The second kappa shape index (κ2) is 16.2. The van der Waals surface area contributed by atoms with Crippen LogP contribution in [0.2, 0.25) is 0 Å². The summed E-state index contributed by atoms with van der Waals surface area (Å²) < 4.78 is 8.87. The summed E-state index contributed by atoms with van der Waals surface area (Å²) in [6.07, 6.45) is 1.70. The van der Waals surface area contributed by atoms with Crippen LogP contribution in [-0.2, 0) is 28.4 Å². The van der Waals surface area contributed by atoms with E-state index in [-0.39, 0.29) is 29.5 Å². The van der Waals surface area contributed by atoms with Gasteiger partial charge >= 0.3 is 17.1 Å². The molecule has 2 aliphatic rings. The predicted molar refractivity (Wildman–Crippen MR) is 180 cm³/mol. The minimum absolute atomic E-state index is 0. The van der Waals surface area contributed by atoms with Gasteiger partial charge in [-0.15, -0.1) is 0 Å². The standard InChI is InChI=1S/C36H40N6O3.Fe/c1-5-41(6-2)26-16-18-30-32(21-26)45-33-22-27(42(7-3)8-4)17-19-31(33)35(30)28-14-9-10-15-29(28)36(44)40-39-34(43)24-37-23-25-13-11-12-20-38-25;/h9-22,37,44H,5-8,23-24H2,1-4H3;/q;+3/p+1. The Morgan fingerprint density at radius 2 is 1.61 bits per heavy atom. The van der Waals surface area contributed by atoms with Crippen LogP contribution in [-0.4, -0.2) is 49.5 Å². The Bertz CT molecular complexity index is 1830. The monoisotopic (exact) mass is 661 g/mol. The van der Waals surface area contributed by atoms with Gasteiger partial charge in [-0.3, -0.25) is 25.4 Å². The van der Waals surface area contributed by atoms with Crippen LogP contribution in [0.3, 0.4) is 0 Å². The van der Waals surface area contributed by atoms with Crippen molar-refractivity contribution in [3.8, 4) is 22.5 Å². The van der Waals surface area contributed by atoms with E-state index in [1.165, 1.54) is 0 Å². The molecule has 2 heterocycles. The quantitative estimate of drug-likeness (QED) is 0.0814. The molecule has 237 valence electrons. The van der Waals surface area contributed by atoms with Gasteiger partial charge in [0.05, 0.1) is 18.3 Å². The van der Waals surface area contributed by atoms with E-state index in [4.69, 9.17) is 4.42 Å². The van der Waals surface area contributed by atoms with Crippen LogP contribution in [0.1, 0.15) is 43.7 Å². The molecule has 0 atom stereocenters. The number of benzene rings is 3. The molecular weight excluding hydrogens is 620 g/mol. The maximum Gasteiger partial charge on any atom is 3.00 e. The number of pyridine rings is 1. The Balaban J connectivity index is 0.00000480. The largest absolute Gasteiger partial charge is 3.00 e. The molecule has 1 aliphatic heterocycles. The van der Waals surface area contributed by atoms with E-state index in [0.29, 0.717) is 12.1 Å². The van der Waals surface area contributed by atoms with Gasteiger partial charge in [-0.25, -0.2) is 4.58 Å². The van der Waals surface area contributed by atoms with Gasteiger partial charge in [-0.2, -0.15) is 0 Å². The van der Waals surface area contributed by atoms with Crippen molar-refractivity contribution in [2.45, 2.75) is 34.2 Å². The number of hydrazine groups is 1. The molecule has 2 aromatic carbocycles. The molecule has 46 heavy (non-hydrogen) atoms. The Kier molecular flexibility index (Phi) is 12.1. The molecule has 0 fully saturated rings. The zero-order valence-corrected chi connectivity index (χ0v) is 27.8. The Hall–Kier alpha value is -4.50. The molecule has 1 aromatic heterocycles. The number of hydrogen-bond acceptors (Lipinski definition) is 6. The SMILES string of the molecule is CCN(CC)c1ccc2c(-c3ccccc3C(=O)NNC(=O)CNCc3ccccn3)c3ccc(=[N+](CC)CC)cc-3oc2c1.[Fe+3]. The van der Waals surface area contributed by atoms with E-state index in [9.17, 15) is 9.59 Å². The molecule has 0 unspecified atom stereocenters. The number of amides is 2. The zero-order valence-electron chi connectivity index (χ0n) is 26.7. The van der Waals surface area contributed by atoms with Crippen molar-refractivity contribution in [3.63, 3.8) is 0 Å². The first-order chi connectivity index (χ1) is 22.0. The Morgan fingerprint density at radius 1 is 0.848 bits per heavy atom. The Morgan fingerprint density at radius 3 is 2.33 bits per heavy atom. The third kappa shape index (κ3) is 7.65. The average Bonchev–Trinajstić information content (AvgIpc) is 3.07. The molecule has 3 aromatic rings. The first-order valence-corrected chi connectivity index (χ1v) is 15.6. The number of aromatic nitrogens is 1. The van der Waals surface area contributed by atoms with E-state index in [1.807, 2.05) is 36.4 Å². The van der Waals surface area contributed by atoms with Crippen LogP contribution in [0.4, 0.5) is 5.69 Å². The van der Waals surface area contributed by atoms with Crippen molar-refractivity contribution >= 4 is 28.5 Å². The van der Waals surface area contributed by atoms with E-state index < -0.39 is 5.91 Å². The van der Waals surface area contributed by atoms with Crippen molar-refractivity contribution < 1.29 is 31.1 Å². The van der Waals surface area contributed by atoms with Crippen LogP contribution < -0.4 is 31.0 Å². The number of fused-ring (bicyclic) bond motifs is 2. The summed E-state index contributed by atoms with van der Waals surface area (Å²) in [6, 6.07) is 25.6. The van der Waals surface area contributed by atoms with Crippen LogP contribution in [0.5, 0.6) is 0 Å². The normalized spacial score (nSPS) is 10.8. The van der Waals surface area contributed by atoms with Crippen molar-refractivity contribution in [2.24, 2.45) is 0 Å².